The first-order valence-electron chi connectivity index (χ1n) is 6.75. The van der Waals surface area contributed by atoms with E-state index in [0.717, 1.165) is 30.8 Å². The van der Waals surface area contributed by atoms with Crippen LogP contribution in [0.5, 0.6) is 0 Å². The molecule has 1 saturated carbocycles. The van der Waals surface area contributed by atoms with Crippen LogP contribution in [0.15, 0.2) is 29.4 Å². The number of carbonyl (C=O) groups excluding carboxylic acids is 1. The number of amides is 1. The number of rotatable bonds is 4. The van der Waals surface area contributed by atoms with Crippen LogP contribution in [-0.2, 0) is 4.79 Å². The molecule has 0 radical (unpaired) electrons. The summed E-state index contributed by atoms with van der Waals surface area (Å²) in [6, 6.07) is 7.83. The van der Waals surface area contributed by atoms with Crippen molar-refractivity contribution in [2.24, 2.45) is 0 Å². The Bertz CT molecular complexity index is 538. The van der Waals surface area contributed by atoms with Gasteiger partial charge in [-0.3, -0.25) is 4.79 Å². The lowest BCUT2D eigenvalue weighted by molar-refractivity contribution is -0.123. The molecule has 1 aromatic rings. The van der Waals surface area contributed by atoms with E-state index in [1.165, 1.54) is 0 Å². The maximum Gasteiger partial charge on any atom is 0.238 e. The first-order valence-corrected chi connectivity index (χ1v) is 7.63. The third kappa shape index (κ3) is 2.94. The Morgan fingerprint density at radius 3 is 3.05 bits per heavy atom. The third-order valence-electron chi connectivity index (χ3n) is 3.66. The Morgan fingerprint density at radius 1 is 1.55 bits per heavy atom. The summed E-state index contributed by atoms with van der Waals surface area (Å²) >= 11 is 1.69. The summed E-state index contributed by atoms with van der Waals surface area (Å²) in [5.74, 6) is -0.0480. The number of pyridine rings is 1. The Labute approximate surface area is 122 Å². The molecule has 2 heterocycles. The van der Waals surface area contributed by atoms with Crippen LogP contribution in [-0.4, -0.2) is 34.3 Å². The fraction of sp³-hybridized carbons (Fsp3) is 0.500. The lowest BCUT2D eigenvalue weighted by Gasteiger charge is -2.14. The molecule has 2 N–H and O–H groups in total. The number of nitriles is 1. The predicted octanol–water partition coefficient (Wildman–Crippen LogP) is 1.08. The molecule has 0 bridgehead atoms. The fourth-order valence-electron chi connectivity index (χ4n) is 2.29. The van der Waals surface area contributed by atoms with E-state index in [1.807, 2.05) is 18.2 Å². The Hall–Kier alpha value is -1.58. The van der Waals surface area contributed by atoms with Gasteiger partial charge < -0.3 is 10.6 Å². The van der Waals surface area contributed by atoms with Crippen LogP contribution < -0.4 is 10.6 Å². The Balaban J connectivity index is 1.52. The molecular formula is C14H16N4OS. The molecule has 1 amide bonds. The van der Waals surface area contributed by atoms with E-state index in [1.54, 1.807) is 18.0 Å². The summed E-state index contributed by atoms with van der Waals surface area (Å²) in [5.41, 5.74) is -0.578. The minimum absolute atomic E-state index is 0.0480. The van der Waals surface area contributed by atoms with Crippen molar-refractivity contribution in [2.75, 3.05) is 6.54 Å². The van der Waals surface area contributed by atoms with Crippen molar-refractivity contribution < 1.29 is 4.79 Å². The number of carbonyl (C=O) groups is 1. The molecule has 1 aliphatic heterocycles. The van der Waals surface area contributed by atoms with E-state index in [0.29, 0.717) is 5.25 Å². The molecule has 1 aliphatic carbocycles. The largest absolute Gasteiger partial charge is 0.336 e. The molecule has 20 heavy (non-hydrogen) atoms. The van der Waals surface area contributed by atoms with E-state index in [9.17, 15) is 4.79 Å². The van der Waals surface area contributed by atoms with Crippen LogP contribution in [0.4, 0.5) is 0 Å². The molecule has 2 fully saturated rings. The summed E-state index contributed by atoms with van der Waals surface area (Å²) in [4.78, 5) is 16.4. The highest BCUT2D eigenvalue weighted by Gasteiger charge is 2.46. The third-order valence-corrected chi connectivity index (χ3v) is 4.83. The van der Waals surface area contributed by atoms with Gasteiger partial charge in [-0.25, -0.2) is 4.98 Å². The highest BCUT2D eigenvalue weighted by Crippen LogP contribution is 2.35. The van der Waals surface area contributed by atoms with Crippen LogP contribution >= 0.6 is 11.8 Å². The molecule has 2 aliphatic rings. The molecule has 3 rings (SSSR count). The fourth-order valence-corrected chi connectivity index (χ4v) is 3.38. The van der Waals surface area contributed by atoms with Gasteiger partial charge >= 0.3 is 0 Å². The summed E-state index contributed by atoms with van der Waals surface area (Å²) in [7, 11) is 0. The highest BCUT2D eigenvalue weighted by atomic mass is 32.2. The standard InChI is InChI=1S/C14H16N4OS/c15-9-14(4-5-14)18-13(19)11-7-10(8-17-11)20-12-3-1-2-6-16-12/h1-3,6,10-11,17H,4-5,7-8H2,(H,18,19). The first kappa shape index (κ1) is 13.4. The zero-order valence-corrected chi connectivity index (χ0v) is 11.8. The summed E-state index contributed by atoms with van der Waals surface area (Å²) in [5, 5.41) is 16.4. The molecule has 6 heteroatoms. The second-order valence-electron chi connectivity index (χ2n) is 5.29. The van der Waals surface area contributed by atoms with E-state index in [4.69, 9.17) is 5.26 Å². The average molecular weight is 288 g/mol. The molecule has 2 unspecified atom stereocenters. The maximum atomic E-state index is 12.1. The van der Waals surface area contributed by atoms with Crippen molar-refractivity contribution in [2.45, 2.75) is 41.1 Å². The summed E-state index contributed by atoms with van der Waals surface area (Å²) < 4.78 is 0. The zero-order valence-electron chi connectivity index (χ0n) is 11.0. The number of aromatic nitrogens is 1. The number of hydrogen-bond donors (Lipinski definition) is 2. The van der Waals surface area contributed by atoms with Crippen molar-refractivity contribution >= 4 is 17.7 Å². The van der Waals surface area contributed by atoms with Crippen molar-refractivity contribution in [1.82, 2.24) is 15.6 Å². The van der Waals surface area contributed by atoms with E-state index < -0.39 is 5.54 Å². The van der Waals surface area contributed by atoms with Gasteiger partial charge in [0, 0.05) is 18.0 Å². The van der Waals surface area contributed by atoms with Crippen molar-refractivity contribution in [1.29, 1.82) is 5.26 Å². The van der Waals surface area contributed by atoms with Crippen LogP contribution in [0.1, 0.15) is 19.3 Å². The minimum Gasteiger partial charge on any atom is -0.336 e. The van der Waals surface area contributed by atoms with Gasteiger partial charge in [0.15, 0.2) is 0 Å². The molecule has 2 atom stereocenters. The van der Waals surface area contributed by atoms with Crippen molar-refractivity contribution in [3.05, 3.63) is 24.4 Å². The molecular weight excluding hydrogens is 272 g/mol. The van der Waals surface area contributed by atoms with Gasteiger partial charge in [0.25, 0.3) is 0 Å². The highest BCUT2D eigenvalue weighted by molar-refractivity contribution is 7.99. The topological polar surface area (TPSA) is 77.8 Å². The predicted molar refractivity (Wildman–Crippen MR) is 76.0 cm³/mol. The summed E-state index contributed by atoms with van der Waals surface area (Å²) in [6.45, 7) is 0.791. The van der Waals surface area contributed by atoms with Gasteiger partial charge in [-0.1, -0.05) is 6.07 Å². The van der Waals surface area contributed by atoms with Gasteiger partial charge in [-0.2, -0.15) is 5.26 Å². The normalized spacial score (nSPS) is 26.8. The molecule has 1 aromatic heterocycles. The van der Waals surface area contributed by atoms with Crippen LogP contribution in [0, 0.1) is 11.3 Å². The lowest BCUT2D eigenvalue weighted by Crippen LogP contribution is -2.45. The molecule has 5 nitrogen and oxygen atoms in total. The second-order valence-corrected chi connectivity index (χ2v) is 6.61. The lowest BCUT2D eigenvalue weighted by atomic mass is 10.2. The monoisotopic (exact) mass is 288 g/mol. The number of hydrogen-bond acceptors (Lipinski definition) is 5. The Morgan fingerprint density at radius 2 is 2.40 bits per heavy atom. The molecule has 0 spiro atoms. The number of nitrogens with one attached hydrogen (secondary N) is 2. The van der Waals surface area contributed by atoms with Gasteiger partial charge in [-0.15, -0.1) is 11.8 Å². The molecule has 1 saturated heterocycles. The first-order chi connectivity index (χ1) is 9.71. The van der Waals surface area contributed by atoms with Gasteiger partial charge in [-0.05, 0) is 31.4 Å². The van der Waals surface area contributed by atoms with Gasteiger partial charge in [0.05, 0.1) is 17.1 Å². The van der Waals surface area contributed by atoms with Gasteiger partial charge in [0.2, 0.25) is 5.91 Å². The number of nitrogens with zero attached hydrogens (tertiary/aromatic N) is 2. The molecule has 0 aromatic carbocycles. The average Bonchev–Trinajstić information content (AvgIpc) is 3.09. The van der Waals surface area contributed by atoms with Crippen LogP contribution in [0.25, 0.3) is 0 Å². The van der Waals surface area contributed by atoms with Crippen LogP contribution in [0.2, 0.25) is 0 Å². The number of thioether (sulfide) groups is 1. The van der Waals surface area contributed by atoms with Crippen LogP contribution in [0.3, 0.4) is 0 Å². The maximum absolute atomic E-state index is 12.1. The Kier molecular flexibility index (Phi) is 3.64. The summed E-state index contributed by atoms with van der Waals surface area (Å²) in [6.07, 6.45) is 4.09. The van der Waals surface area contributed by atoms with E-state index in [-0.39, 0.29) is 11.9 Å². The van der Waals surface area contributed by atoms with Crippen molar-refractivity contribution in [3.63, 3.8) is 0 Å². The second kappa shape index (κ2) is 5.43. The molecule has 104 valence electrons. The zero-order chi connectivity index (χ0) is 14.0. The minimum atomic E-state index is -0.578. The smallest absolute Gasteiger partial charge is 0.238 e. The van der Waals surface area contributed by atoms with Crippen molar-refractivity contribution in [3.8, 4) is 6.07 Å². The van der Waals surface area contributed by atoms with Gasteiger partial charge in [0.1, 0.15) is 5.54 Å². The quantitative estimate of drug-likeness (QED) is 0.867. The SMILES string of the molecule is N#CC1(NC(=O)C2CC(Sc3ccccn3)CN2)CC1. The van der Waals surface area contributed by atoms with E-state index >= 15 is 0 Å². The van der Waals surface area contributed by atoms with E-state index in [2.05, 4.69) is 21.7 Å².